The number of aliphatic imine (C=N–C) groups is 1. The van der Waals surface area contributed by atoms with Gasteiger partial charge in [0.25, 0.3) is 0 Å². The molecule has 1 aromatic heterocycles. The fourth-order valence-corrected chi connectivity index (χ4v) is 7.03. The number of nitrogens with zero attached hydrogens (tertiary/aromatic N) is 5. The number of anilines is 1. The first-order chi connectivity index (χ1) is 21.2. The summed E-state index contributed by atoms with van der Waals surface area (Å²) in [6.45, 7) is 18.8. The molecule has 0 radical (unpaired) electrons. The molecule has 0 bridgehead atoms. The first-order valence-electron chi connectivity index (χ1n) is 17.2. The van der Waals surface area contributed by atoms with E-state index in [1.54, 1.807) is 7.11 Å². The van der Waals surface area contributed by atoms with Gasteiger partial charge in [0.2, 0.25) is 0 Å². The van der Waals surface area contributed by atoms with Crippen molar-refractivity contribution in [3.63, 3.8) is 0 Å². The standard InChI is InChI=1S/C36H59N5O3/c1-7-38(21-23-43)30-12-14-34-32(24-30)33(25-36(4,5)16-9-22-42)35(41(34)8-2)15-13-31(27-37-26-28(3)44-6)40-19-17-39(18-20-40)29-10-11-29/h12,14,22,24,27-29,31,43H,7-11,13,15-21,23,25-26H2,1-6H3. The van der Waals surface area contributed by atoms with Crippen LogP contribution in [-0.2, 0) is 28.9 Å². The molecule has 1 saturated heterocycles. The number of hydrogen-bond acceptors (Lipinski definition) is 7. The average Bonchev–Trinajstić information content (AvgIpc) is 3.84. The lowest BCUT2D eigenvalue weighted by atomic mass is 9.80. The third kappa shape index (κ3) is 8.93. The number of piperazine rings is 1. The molecule has 2 aromatic rings. The van der Waals surface area contributed by atoms with E-state index >= 15 is 0 Å². The summed E-state index contributed by atoms with van der Waals surface area (Å²) in [4.78, 5) is 23.8. The van der Waals surface area contributed by atoms with Gasteiger partial charge in [-0.3, -0.25) is 14.8 Å². The second-order valence-corrected chi connectivity index (χ2v) is 13.7. The normalized spacial score (nSPS) is 18.3. The van der Waals surface area contributed by atoms with Crippen molar-refractivity contribution in [1.82, 2.24) is 14.4 Å². The van der Waals surface area contributed by atoms with E-state index in [1.807, 2.05) is 0 Å². The molecule has 8 nitrogen and oxygen atoms in total. The quantitative estimate of drug-likeness (QED) is 0.174. The number of ether oxygens (including phenoxy) is 1. The van der Waals surface area contributed by atoms with Crippen LogP contribution in [0.3, 0.4) is 0 Å². The summed E-state index contributed by atoms with van der Waals surface area (Å²) in [6, 6.07) is 7.95. The van der Waals surface area contributed by atoms with Gasteiger partial charge in [-0.1, -0.05) is 13.8 Å². The highest BCUT2D eigenvalue weighted by Gasteiger charge is 2.33. The lowest BCUT2D eigenvalue weighted by molar-refractivity contribution is -0.108. The molecule has 1 aromatic carbocycles. The summed E-state index contributed by atoms with van der Waals surface area (Å²) in [5.41, 5.74) is 5.28. The van der Waals surface area contributed by atoms with Crippen molar-refractivity contribution in [2.24, 2.45) is 10.4 Å². The van der Waals surface area contributed by atoms with E-state index in [-0.39, 0.29) is 24.2 Å². The Morgan fingerprint density at radius 1 is 1.18 bits per heavy atom. The van der Waals surface area contributed by atoms with Crippen molar-refractivity contribution in [3.8, 4) is 0 Å². The molecule has 0 amide bonds. The van der Waals surface area contributed by atoms with Crippen molar-refractivity contribution in [2.75, 3.05) is 64.4 Å². The van der Waals surface area contributed by atoms with Crippen LogP contribution in [0, 0.1) is 5.41 Å². The maximum absolute atomic E-state index is 11.3. The van der Waals surface area contributed by atoms with Crippen molar-refractivity contribution < 1.29 is 14.6 Å². The van der Waals surface area contributed by atoms with Gasteiger partial charge in [-0.15, -0.1) is 0 Å². The summed E-state index contributed by atoms with van der Waals surface area (Å²) in [5.74, 6) is 0. The van der Waals surface area contributed by atoms with Crippen LogP contribution >= 0.6 is 0 Å². The molecule has 2 fully saturated rings. The lowest BCUT2D eigenvalue weighted by Crippen LogP contribution is -2.51. The number of rotatable bonds is 19. The third-order valence-electron chi connectivity index (χ3n) is 9.90. The van der Waals surface area contributed by atoms with Gasteiger partial charge in [-0.2, -0.15) is 0 Å². The number of aromatic nitrogens is 1. The molecule has 1 saturated carbocycles. The Labute approximate surface area is 266 Å². The van der Waals surface area contributed by atoms with Crippen LogP contribution in [0.4, 0.5) is 5.69 Å². The van der Waals surface area contributed by atoms with Crippen LogP contribution in [0.1, 0.15) is 78.0 Å². The predicted molar refractivity (Wildman–Crippen MR) is 183 cm³/mol. The second kappa shape index (κ2) is 16.3. The Morgan fingerprint density at radius 2 is 1.93 bits per heavy atom. The number of likely N-dealkylation sites (N-methyl/N-ethyl adjacent to an activating group) is 1. The monoisotopic (exact) mass is 609 g/mol. The first kappa shape index (κ1) is 34.6. The molecule has 246 valence electrons. The van der Waals surface area contributed by atoms with E-state index in [0.29, 0.717) is 19.5 Å². The topological polar surface area (TPSA) is 73.5 Å². The highest BCUT2D eigenvalue weighted by atomic mass is 16.5. The molecular formula is C36H59N5O3. The molecule has 0 spiro atoms. The smallest absolute Gasteiger partial charge is 0.120 e. The van der Waals surface area contributed by atoms with Crippen molar-refractivity contribution in [3.05, 3.63) is 29.5 Å². The molecule has 2 unspecified atom stereocenters. The number of fused-ring (bicyclic) bond motifs is 1. The molecule has 2 heterocycles. The third-order valence-corrected chi connectivity index (χ3v) is 9.90. The minimum atomic E-state index is 0.00432. The molecular weight excluding hydrogens is 550 g/mol. The SMILES string of the molecule is CCN(CCO)c1ccc2c(c1)c(CC(C)(C)CCC=O)c(CCC(C=NCC(C)OC)N1CCN(C3CC3)CC1)n2CC. The summed E-state index contributed by atoms with van der Waals surface area (Å²) < 4.78 is 8.01. The summed E-state index contributed by atoms with van der Waals surface area (Å²) in [7, 11) is 1.76. The number of hydrogen-bond donors (Lipinski definition) is 1. The Kier molecular flexibility index (Phi) is 12.9. The predicted octanol–water partition coefficient (Wildman–Crippen LogP) is 5.21. The molecule has 8 heteroatoms. The fourth-order valence-electron chi connectivity index (χ4n) is 7.03. The molecule has 1 aliphatic carbocycles. The molecule has 1 N–H and O–H groups in total. The maximum Gasteiger partial charge on any atom is 0.120 e. The van der Waals surface area contributed by atoms with E-state index in [4.69, 9.17) is 9.73 Å². The number of aryl methyl sites for hydroxylation is 1. The van der Waals surface area contributed by atoms with E-state index in [0.717, 1.165) is 83.0 Å². The van der Waals surface area contributed by atoms with E-state index in [1.165, 1.54) is 35.0 Å². The number of aldehydes is 1. The Morgan fingerprint density at radius 3 is 2.55 bits per heavy atom. The zero-order valence-corrected chi connectivity index (χ0v) is 28.4. The number of carbonyl (C=O) groups is 1. The number of aliphatic hydroxyl groups is 1. The molecule has 4 rings (SSSR count). The minimum Gasteiger partial charge on any atom is -0.395 e. The van der Waals surface area contributed by atoms with Gasteiger partial charge in [0.05, 0.1) is 19.3 Å². The summed E-state index contributed by atoms with van der Waals surface area (Å²) >= 11 is 0. The van der Waals surface area contributed by atoms with Gasteiger partial charge >= 0.3 is 0 Å². The molecule has 2 aliphatic rings. The van der Waals surface area contributed by atoms with Crippen LogP contribution in [0.25, 0.3) is 10.9 Å². The van der Waals surface area contributed by atoms with Gasteiger partial charge in [-0.25, -0.2) is 0 Å². The van der Waals surface area contributed by atoms with E-state index < -0.39 is 0 Å². The first-order valence-corrected chi connectivity index (χ1v) is 17.2. The Hall–Kier alpha value is -2.26. The van der Waals surface area contributed by atoms with Crippen LogP contribution in [-0.4, -0.2) is 110 Å². The van der Waals surface area contributed by atoms with Crippen molar-refractivity contribution in [1.29, 1.82) is 0 Å². The van der Waals surface area contributed by atoms with Crippen molar-refractivity contribution in [2.45, 2.75) is 104 Å². The Balaban J connectivity index is 1.67. The number of carbonyl (C=O) groups excluding carboxylic acids is 1. The van der Waals surface area contributed by atoms with Crippen molar-refractivity contribution >= 4 is 29.1 Å². The van der Waals surface area contributed by atoms with E-state index in [2.05, 4.69) is 78.3 Å². The largest absolute Gasteiger partial charge is 0.395 e. The minimum absolute atomic E-state index is 0.00432. The fraction of sp³-hybridized carbons (Fsp3) is 0.722. The summed E-state index contributed by atoms with van der Waals surface area (Å²) in [6.07, 6.45) is 10.5. The Bertz CT molecular complexity index is 1210. The maximum atomic E-state index is 11.3. The van der Waals surface area contributed by atoms with Gasteiger partial charge in [-0.05, 0) is 88.5 Å². The van der Waals surface area contributed by atoms with Crippen LogP contribution < -0.4 is 4.90 Å². The lowest BCUT2D eigenvalue weighted by Gasteiger charge is -2.38. The molecule has 1 aliphatic heterocycles. The number of aliphatic hydroxyl groups excluding tert-OH is 1. The highest BCUT2D eigenvalue weighted by molar-refractivity contribution is 5.89. The second-order valence-electron chi connectivity index (χ2n) is 13.7. The van der Waals surface area contributed by atoms with E-state index in [9.17, 15) is 9.90 Å². The van der Waals surface area contributed by atoms with Gasteiger partial charge < -0.3 is 24.1 Å². The molecule has 44 heavy (non-hydrogen) atoms. The zero-order chi connectivity index (χ0) is 31.7. The number of methoxy groups -OCH3 is 1. The van der Waals surface area contributed by atoms with Gasteiger partial charge in [0, 0.05) is 99.9 Å². The van der Waals surface area contributed by atoms with Gasteiger partial charge in [0.1, 0.15) is 6.29 Å². The highest BCUT2D eigenvalue weighted by Crippen LogP contribution is 2.37. The van der Waals surface area contributed by atoms with Crippen LogP contribution in [0.5, 0.6) is 0 Å². The molecule has 2 atom stereocenters. The average molecular weight is 610 g/mol. The summed E-state index contributed by atoms with van der Waals surface area (Å²) in [5, 5.41) is 11.0. The zero-order valence-electron chi connectivity index (χ0n) is 28.4. The van der Waals surface area contributed by atoms with Gasteiger partial charge in [0.15, 0.2) is 0 Å². The number of benzene rings is 1. The van der Waals surface area contributed by atoms with Crippen LogP contribution in [0.2, 0.25) is 0 Å². The van der Waals surface area contributed by atoms with Crippen LogP contribution in [0.15, 0.2) is 23.2 Å².